The average molecular weight is 376 g/mol. The molecular weight excluding hydrogens is 350 g/mol. The van der Waals surface area contributed by atoms with Crippen LogP contribution < -0.4 is 15.4 Å². The highest BCUT2D eigenvalue weighted by Gasteiger charge is 2.18. The third-order valence-corrected chi connectivity index (χ3v) is 4.44. The first-order chi connectivity index (χ1) is 12.5. The lowest BCUT2D eigenvalue weighted by Crippen LogP contribution is -2.41. The number of benzene rings is 2. The predicted octanol–water partition coefficient (Wildman–Crippen LogP) is 3.49. The summed E-state index contributed by atoms with van der Waals surface area (Å²) in [6.45, 7) is 1.05. The van der Waals surface area contributed by atoms with Gasteiger partial charge in [0.1, 0.15) is 5.75 Å². The Balaban J connectivity index is 1.84. The first kappa shape index (κ1) is 20.1. The Bertz CT molecular complexity index is 704. The number of ether oxygens (including phenoxy) is 1. The van der Waals surface area contributed by atoms with Gasteiger partial charge in [-0.25, -0.2) is 4.79 Å². The standard InChI is InChI=1S/C20H26ClN3O2/c1-24(2)18(17-6-4-5-7-19(17)26-3)14-23-20(25)22-13-12-15-8-10-16(21)11-9-15/h4-11,18H,12-14H2,1-3H3,(H2,22,23,25). The summed E-state index contributed by atoms with van der Waals surface area (Å²) in [5, 5.41) is 6.54. The minimum Gasteiger partial charge on any atom is -0.496 e. The Hall–Kier alpha value is -2.24. The molecule has 5 nitrogen and oxygen atoms in total. The highest BCUT2D eigenvalue weighted by atomic mass is 35.5. The molecule has 0 saturated carbocycles. The van der Waals surface area contributed by atoms with E-state index in [9.17, 15) is 4.79 Å². The third-order valence-electron chi connectivity index (χ3n) is 4.19. The first-order valence-corrected chi connectivity index (χ1v) is 8.94. The van der Waals surface area contributed by atoms with Gasteiger partial charge in [0.15, 0.2) is 0 Å². The molecule has 0 saturated heterocycles. The molecule has 0 bridgehead atoms. The summed E-state index contributed by atoms with van der Waals surface area (Å²) in [4.78, 5) is 14.2. The molecule has 2 aromatic rings. The molecule has 2 N–H and O–H groups in total. The summed E-state index contributed by atoms with van der Waals surface area (Å²) in [7, 11) is 5.62. The molecule has 6 heteroatoms. The SMILES string of the molecule is COc1ccccc1C(CNC(=O)NCCc1ccc(Cl)cc1)N(C)C. The zero-order chi connectivity index (χ0) is 18.9. The van der Waals surface area contributed by atoms with Crippen LogP contribution in [0.3, 0.4) is 0 Å². The Kier molecular flexibility index (Phi) is 7.75. The summed E-state index contributed by atoms with van der Waals surface area (Å²) < 4.78 is 5.44. The van der Waals surface area contributed by atoms with Crippen LogP contribution in [0.5, 0.6) is 5.75 Å². The van der Waals surface area contributed by atoms with Gasteiger partial charge in [-0.3, -0.25) is 0 Å². The third kappa shape index (κ3) is 5.93. The second-order valence-electron chi connectivity index (χ2n) is 6.23. The summed E-state index contributed by atoms with van der Waals surface area (Å²) in [5.74, 6) is 0.816. The molecule has 0 heterocycles. The van der Waals surface area contributed by atoms with Gasteiger partial charge in [-0.05, 0) is 44.3 Å². The van der Waals surface area contributed by atoms with Gasteiger partial charge in [0.05, 0.1) is 13.2 Å². The monoisotopic (exact) mass is 375 g/mol. The Labute approximate surface area is 160 Å². The van der Waals surface area contributed by atoms with E-state index in [1.807, 2.05) is 62.6 Å². The number of para-hydroxylation sites is 1. The summed E-state index contributed by atoms with van der Waals surface area (Å²) in [6, 6.07) is 15.3. The number of hydrogen-bond acceptors (Lipinski definition) is 3. The number of carbonyl (C=O) groups excluding carboxylic acids is 1. The minimum absolute atomic E-state index is 0.0214. The number of rotatable bonds is 8. The predicted molar refractivity (Wildman–Crippen MR) is 106 cm³/mol. The molecule has 0 aliphatic rings. The van der Waals surface area contributed by atoms with Crippen molar-refractivity contribution >= 4 is 17.6 Å². The molecule has 2 rings (SSSR count). The van der Waals surface area contributed by atoms with E-state index in [2.05, 4.69) is 15.5 Å². The van der Waals surface area contributed by atoms with Gasteiger partial charge in [0.25, 0.3) is 0 Å². The van der Waals surface area contributed by atoms with Crippen LogP contribution in [0.1, 0.15) is 17.2 Å². The molecule has 0 spiro atoms. The number of carbonyl (C=O) groups is 1. The van der Waals surface area contributed by atoms with E-state index in [-0.39, 0.29) is 12.1 Å². The summed E-state index contributed by atoms with van der Waals surface area (Å²) in [6.07, 6.45) is 0.758. The second kappa shape index (κ2) is 10.0. The van der Waals surface area contributed by atoms with E-state index in [1.165, 1.54) is 0 Å². The van der Waals surface area contributed by atoms with Crippen LogP contribution in [0.2, 0.25) is 5.02 Å². The van der Waals surface area contributed by atoms with Crippen molar-refractivity contribution in [3.8, 4) is 5.75 Å². The first-order valence-electron chi connectivity index (χ1n) is 8.56. The van der Waals surface area contributed by atoms with Gasteiger partial charge < -0.3 is 20.3 Å². The fraction of sp³-hybridized carbons (Fsp3) is 0.350. The molecule has 26 heavy (non-hydrogen) atoms. The number of methoxy groups -OCH3 is 1. The smallest absolute Gasteiger partial charge is 0.314 e. The molecule has 1 atom stereocenters. The zero-order valence-corrected chi connectivity index (χ0v) is 16.2. The average Bonchev–Trinajstić information content (AvgIpc) is 2.63. The van der Waals surface area contributed by atoms with Crippen LogP contribution in [-0.2, 0) is 6.42 Å². The van der Waals surface area contributed by atoms with E-state index in [0.717, 1.165) is 23.3 Å². The number of urea groups is 1. The normalized spacial score (nSPS) is 11.9. The van der Waals surface area contributed by atoms with Crippen LogP contribution in [0.15, 0.2) is 48.5 Å². The van der Waals surface area contributed by atoms with Crippen LogP contribution in [-0.4, -0.2) is 45.2 Å². The second-order valence-corrected chi connectivity index (χ2v) is 6.67. The van der Waals surface area contributed by atoms with Crippen molar-refractivity contribution in [2.24, 2.45) is 0 Å². The van der Waals surface area contributed by atoms with Crippen molar-refractivity contribution in [2.75, 3.05) is 34.3 Å². The van der Waals surface area contributed by atoms with Crippen LogP contribution in [0, 0.1) is 0 Å². The summed E-state index contributed by atoms with van der Waals surface area (Å²) >= 11 is 5.87. The fourth-order valence-corrected chi connectivity index (χ4v) is 2.86. The van der Waals surface area contributed by atoms with Crippen molar-refractivity contribution in [1.82, 2.24) is 15.5 Å². The quantitative estimate of drug-likeness (QED) is 0.742. The van der Waals surface area contributed by atoms with Gasteiger partial charge in [0.2, 0.25) is 0 Å². The minimum atomic E-state index is -0.180. The number of nitrogens with zero attached hydrogens (tertiary/aromatic N) is 1. The van der Waals surface area contributed by atoms with Gasteiger partial charge in [-0.2, -0.15) is 0 Å². The Morgan fingerprint density at radius 2 is 1.81 bits per heavy atom. The van der Waals surface area contributed by atoms with E-state index in [1.54, 1.807) is 7.11 Å². The number of nitrogens with one attached hydrogen (secondary N) is 2. The lowest BCUT2D eigenvalue weighted by Gasteiger charge is -2.26. The Morgan fingerprint density at radius 3 is 2.46 bits per heavy atom. The molecule has 0 fully saturated rings. The van der Waals surface area contributed by atoms with E-state index >= 15 is 0 Å². The molecule has 0 aliphatic heterocycles. The van der Waals surface area contributed by atoms with Crippen molar-refractivity contribution in [3.63, 3.8) is 0 Å². The summed E-state index contributed by atoms with van der Waals surface area (Å²) in [5.41, 5.74) is 2.18. The molecule has 0 aliphatic carbocycles. The van der Waals surface area contributed by atoms with Crippen molar-refractivity contribution in [3.05, 3.63) is 64.7 Å². The lowest BCUT2D eigenvalue weighted by atomic mass is 10.0. The number of likely N-dealkylation sites (N-methyl/N-ethyl adjacent to an activating group) is 1. The van der Waals surface area contributed by atoms with E-state index < -0.39 is 0 Å². The van der Waals surface area contributed by atoms with Crippen LogP contribution >= 0.6 is 11.6 Å². The highest BCUT2D eigenvalue weighted by Crippen LogP contribution is 2.27. The number of hydrogen-bond donors (Lipinski definition) is 2. The van der Waals surface area contributed by atoms with Crippen molar-refractivity contribution < 1.29 is 9.53 Å². The van der Waals surface area contributed by atoms with Gasteiger partial charge in [0, 0.05) is 23.7 Å². The maximum atomic E-state index is 12.1. The lowest BCUT2D eigenvalue weighted by molar-refractivity contribution is 0.232. The number of halogens is 1. The topological polar surface area (TPSA) is 53.6 Å². The molecule has 1 unspecified atom stereocenters. The molecule has 0 radical (unpaired) electrons. The van der Waals surface area contributed by atoms with E-state index in [4.69, 9.17) is 16.3 Å². The maximum Gasteiger partial charge on any atom is 0.314 e. The van der Waals surface area contributed by atoms with Crippen molar-refractivity contribution in [2.45, 2.75) is 12.5 Å². The number of amides is 2. The highest BCUT2D eigenvalue weighted by molar-refractivity contribution is 6.30. The largest absolute Gasteiger partial charge is 0.496 e. The van der Waals surface area contributed by atoms with Crippen LogP contribution in [0.25, 0.3) is 0 Å². The van der Waals surface area contributed by atoms with Gasteiger partial charge >= 0.3 is 6.03 Å². The zero-order valence-electron chi connectivity index (χ0n) is 15.5. The fourth-order valence-electron chi connectivity index (χ4n) is 2.74. The Morgan fingerprint density at radius 1 is 1.12 bits per heavy atom. The molecule has 2 amide bonds. The van der Waals surface area contributed by atoms with Gasteiger partial charge in [-0.1, -0.05) is 41.9 Å². The van der Waals surface area contributed by atoms with Crippen molar-refractivity contribution in [1.29, 1.82) is 0 Å². The molecule has 140 valence electrons. The van der Waals surface area contributed by atoms with Gasteiger partial charge in [-0.15, -0.1) is 0 Å². The molecular formula is C20H26ClN3O2. The molecule has 2 aromatic carbocycles. The van der Waals surface area contributed by atoms with E-state index in [0.29, 0.717) is 18.1 Å². The van der Waals surface area contributed by atoms with Crippen LogP contribution in [0.4, 0.5) is 4.79 Å². The maximum absolute atomic E-state index is 12.1. The molecule has 0 aromatic heterocycles.